The molecule has 0 aliphatic rings. The molecule has 4 rings (SSSR count). The minimum Gasteiger partial charge on any atom is -0.434 e. The molecule has 27 heavy (non-hydrogen) atoms. The van der Waals surface area contributed by atoms with Gasteiger partial charge in [-0.3, -0.25) is 4.79 Å². The van der Waals surface area contributed by atoms with Crippen molar-refractivity contribution in [1.29, 1.82) is 0 Å². The van der Waals surface area contributed by atoms with Gasteiger partial charge in [-0.1, -0.05) is 17.7 Å². The number of nitrogens with one attached hydrogen (secondary N) is 1. The van der Waals surface area contributed by atoms with Gasteiger partial charge < -0.3 is 9.73 Å². The molecule has 5 nitrogen and oxygen atoms in total. The molecule has 4 aromatic rings. The Balaban J connectivity index is 1.66. The van der Waals surface area contributed by atoms with Gasteiger partial charge in [0.05, 0.1) is 10.7 Å². The fourth-order valence-electron chi connectivity index (χ4n) is 2.72. The molecule has 0 spiro atoms. The van der Waals surface area contributed by atoms with E-state index in [1.807, 2.05) is 26.0 Å². The van der Waals surface area contributed by atoms with Crippen LogP contribution in [0, 0.1) is 13.8 Å². The van der Waals surface area contributed by atoms with E-state index in [-0.39, 0.29) is 5.91 Å². The molecule has 0 bridgehead atoms. The summed E-state index contributed by atoms with van der Waals surface area (Å²) < 4.78 is 5.74. The molecule has 6 heteroatoms. The van der Waals surface area contributed by atoms with Crippen LogP contribution < -0.4 is 5.32 Å². The van der Waals surface area contributed by atoms with Crippen LogP contribution in [-0.2, 0) is 0 Å². The Morgan fingerprint density at radius 3 is 2.70 bits per heavy atom. The quantitative estimate of drug-likeness (QED) is 0.518. The summed E-state index contributed by atoms with van der Waals surface area (Å²) in [5, 5.41) is 3.30. The minimum absolute atomic E-state index is 0.226. The lowest BCUT2D eigenvalue weighted by molar-refractivity contribution is 0.102. The van der Waals surface area contributed by atoms with E-state index in [9.17, 15) is 4.79 Å². The number of oxazole rings is 1. The summed E-state index contributed by atoms with van der Waals surface area (Å²) in [4.78, 5) is 21.1. The van der Waals surface area contributed by atoms with Crippen LogP contribution in [-0.4, -0.2) is 15.9 Å². The van der Waals surface area contributed by atoms with Crippen LogP contribution in [0.15, 0.2) is 59.1 Å². The minimum atomic E-state index is -0.226. The largest absolute Gasteiger partial charge is 0.434 e. The van der Waals surface area contributed by atoms with E-state index in [4.69, 9.17) is 16.0 Å². The van der Waals surface area contributed by atoms with Crippen molar-refractivity contribution in [1.82, 2.24) is 9.97 Å². The molecule has 0 aliphatic heterocycles. The van der Waals surface area contributed by atoms with Crippen LogP contribution in [0.25, 0.3) is 22.7 Å². The van der Waals surface area contributed by atoms with Crippen LogP contribution in [0.1, 0.15) is 21.5 Å². The Hall–Kier alpha value is -3.18. The Kier molecular flexibility index (Phi) is 4.38. The van der Waals surface area contributed by atoms with Crippen molar-refractivity contribution in [2.24, 2.45) is 0 Å². The smallest absolute Gasteiger partial charge is 0.255 e. The third-order valence-electron chi connectivity index (χ3n) is 4.40. The fraction of sp³-hybridized carbons (Fsp3) is 0.0952. The summed E-state index contributed by atoms with van der Waals surface area (Å²) in [7, 11) is 0. The Labute approximate surface area is 161 Å². The number of fused-ring (bicyclic) bond motifs is 1. The van der Waals surface area contributed by atoms with Crippen molar-refractivity contribution in [3.8, 4) is 11.5 Å². The lowest BCUT2D eigenvalue weighted by Crippen LogP contribution is -2.12. The van der Waals surface area contributed by atoms with E-state index in [0.29, 0.717) is 39.0 Å². The number of carbonyl (C=O) groups excluding carboxylic acids is 1. The molecule has 2 heterocycles. The molecule has 0 radical (unpaired) electrons. The Morgan fingerprint density at radius 2 is 1.93 bits per heavy atom. The number of aromatic nitrogens is 2. The predicted molar refractivity (Wildman–Crippen MR) is 106 cm³/mol. The van der Waals surface area contributed by atoms with Crippen molar-refractivity contribution >= 4 is 34.4 Å². The standard InChI is InChI=1S/C21H16ClN3O2/c1-12-5-6-14(10-13(12)2)20(26)24-17-11-15(7-8-16(17)22)21-25-19-18(27-21)4-3-9-23-19/h3-11H,1-2H3,(H,24,26). The Morgan fingerprint density at radius 1 is 1.07 bits per heavy atom. The summed E-state index contributed by atoms with van der Waals surface area (Å²) in [6.45, 7) is 3.98. The second-order valence-electron chi connectivity index (χ2n) is 6.29. The van der Waals surface area contributed by atoms with E-state index in [1.165, 1.54) is 0 Å². The van der Waals surface area contributed by atoms with Gasteiger partial charge in [-0.05, 0) is 67.4 Å². The number of anilines is 1. The molecule has 0 atom stereocenters. The number of hydrogen-bond donors (Lipinski definition) is 1. The normalized spacial score (nSPS) is 10.9. The summed E-state index contributed by atoms with van der Waals surface area (Å²) >= 11 is 6.27. The number of carbonyl (C=O) groups is 1. The number of pyridine rings is 1. The third-order valence-corrected chi connectivity index (χ3v) is 4.73. The molecule has 0 aliphatic carbocycles. The van der Waals surface area contributed by atoms with E-state index < -0.39 is 0 Å². The van der Waals surface area contributed by atoms with E-state index in [0.717, 1.165) is 11.1 Å². The molecule has 1 N–H and O–H groups in total. The van der Waals surface area contributed by atoms with E-state index in [1.54, 1.807) is 42.6 Å². The second-order valence-corrected chi connectivity index (χ2v) is 6.70. The highest BCUT2D eigenvalue weighted by Gasteiger charge is 2.14. The zero-order valence-corrected chi connectivity index (χ0v) is 15.5. The summed E-state index contributed by atoms with van der Waals surface area (Å²) in [6.07, 6.45) is 1.66. The number of halogens is 1. The van der Waals surface area contributed by atoms with Gasteiger partial charge in [0.25, 0.3) is 5.91 Å². The first-order valence-electron chi connectivity index (χ1n) is 8.41. The van der Waals surface area contributed by atoms with Crippen molar-refractivity contribution < 1.29 is 9.21 Å². The number of amides is 1. The van der Waals surface area contributed by atoms with Crippen LogP contribution in [0.5, 0.6) is 0 Å². The summed E-state index contributed by atoms with van der Waals surface area (Å²) in [5.41, 5.74) is 5.09. The lowest BCUT2D eigenvalue weighted by atomic mass is 10.1. The number of hydrogen-bond acceptors (Lipinski definition) is 4. The van der Waals surface area contributed by atoms with Crippen molar-refractivity contribution in [2.75, 3.05) is 5.32 Å². The number of aryl methyl sites for hydroxylation is 2. The molecule has 0 unspecified atom stereocenters. The van der Waals surface area contributed by atoms with Crippen molar-refractivity contribution in [2.45, 2.75) is 13.8 Å². The topological polar surface area (TPSA) is 68.0 Å². The van der Waals surface area contributed by atoms with E-state index in [2.05, 4.69) is 15.3 Å². The number of benzene rings is 2. The SMILES string of the molecule is Cc1ccc(C(=O)Nc2cc(-c3nc4ncccc4o3)ccc2Cl)cc1C. The molecule has 2 aromatic carbocycles. The van der Waals surface area contributed by atoms with Gasteiger partial charge in [-0.15, -0.1) is 0 Å². The summed E-state index contributed by atoms with van der Waals surface area (Å²) in [6, 6.07) is 14.4. The van der Waals surface area contributed by atoms with Gasteiger partial charge in [-0.2, -0.15) is 4.98 Å². The van der Waals surface area contributed by atoms with Gasteiger partial charge in [0.2, 0.25) is 5.89 Å². The third kappa shape index (κ3) is 3.41. The number of nitrogens with zero attached hydrogens (tertiary/aromatic N) is 2. The predicted octanol–water partition coefficient (Wildman–Crippen LogP) is 5.41. The van der Waals surface area contributed by atoms with Gasteiger partial charge in [0.1, 0.15) is 0 Å². The van der Waals surface area contributed by atoms with Crippen LogP contribution in [0.3, 0.4) is 0 Å². The highest BCUT2D eigenvalue weighted by molar-refractivity contribution is 6.34. The molecule has 134 valence electrons. The van der Waals surface area contributed by atoms with Gasteiger partial charge in [0, 0.05) is 17.3 Å². The first-order chi connectivity index (χ1) is 13.0. The van der Waals surface area contributed by atoms with Gasteiger partial charge in [-0.25, -0.2) is 4.98 Å². The highest BCUT2D eigenvalue weighted by atomic mass is 35.5. The first kappa shape index (κ1) is 17.2. The average Bonchev–Trinajstić information content (AvgIpc) is 3.10. The maximum atomic E-state index is 12.6. The molecule has 0 fully saturated rings. The zero-order valence-electron chi connectivity index (χ0n) is 14.8. The van der Waals surface area contributed by atoms with Crippen LogP contribution in [0.4, 0.5) is 5.69 Å². The first-order valence-corrected chi connectivity index (χ1v) is 8.79. The average molecular weight is 378 g/mol. The number of rotatable bonds is 3. The zero-order chi connectivity index (χ0) is 19.0. The highest BCUT2D eigenvalue weighted by Crippen LogP contribution is 2.30. The molecular weight excluding hydrogens is 362 g/mol. The molecule has 1 amide bonds. The lowest BCUT2D eigenvalue weighted by Gasteiger charge is -2.10. The van der Waals surface area contributed by atoms with Crippen molar-refractivity contribution in [3.05, 3.63) is 76.4 Å². The van der Waals surface area contributed by atoms with Crippen LogP contribution in [0.2, 0.25) is 5.02 Å². The monoisotopic (exact) mass is 377 g/mol. The maximum Gasteiger partial charge on any atom is 0.255 e. The molecule has 0 saturated carbocycles. The second kappa shape index (κ2) is 6.85. The molecular formula is C21H16ClN3O2. The Bertz CT molecular complexity index is 1130. The summed E-state index contributed by atoms with van der Waals surface area (Å²) in [5.74, 6) is 0.193. The van der Waals surface area contributed by atoms with E-state index >= 15 is 0 Å². The molecule has 0 saturated heterocycles. The van der Waals surface area contributed by atoms with Crippen LogP contribution >= 0.6 is 11.6 Å². The molecule has 2 aromatic heterocycles. The van der Waals surface area contributed by atoms with Gasteiger partial charge in [0.15, 0.2) is 11.2 Å². The maximum absolute atomic E-state index is 12.6. The fourth-order valence-corrected chi connectivity index (χ4v) is 2.89. The van der Waals surface area contributed by atoms with Crippen molar-refractivity contribution in [3.63, 3.8) is 0 Å². The van der Waals surface area contributed by atoms with Gasteiger partial charge >= 0.3 is 0 Å².